The van der Waals surface area contributed by atoms with Crippen molar-refractivity contribution in [2.24, 2.45) is 0 Å². The van der Waals surface area contributed by atoms with Gasteiger partial charge in [-0.15, -0.1) is 11.3 Å². The molecule has 98 valence electrons. The molecule has 4 heterocycles. The van der Waals surface area contributed by atoms with Crippen LogP contribution < -0.4 is 0 Å². The molecule has 4 aromatic heterocycles. The average molecular weight is 280 g/mol. The van der Waals surface area contributed by atoms with Gasteiger partial charge in [0.2, 0.25) is 0 Å². The molecule has 0 N–H and O–H groups in total. The predicted molar refractivity (Wildman–Crippen MR) is 81.2 cm³/mol. The van der Waals surface area contributed by atoms with Gasteiger partial charge >= 0.3 is 0 Å². The van der Waals surface area contributed by atoms with Crippen LogP contribution in [-0.4, -0.2) is 9.97 Å². The van der Waals surface area contributed by atoms with E-state index in [2.05, 4.69) is 29.0 Å². The van der Waals surface area contributed by atoms with Crippen LogP contribution in [0.5, 0.6) is 0 Å². The molecule has 0 radical (unpaired) electrons. The third-order valence-electron chi connectivity index (χ3n) is 3.27. The Morgan fingerprint density at radius 2 is 2.10 bits per heavy atom. The summed E-state index contributed by atoms with van der Waals surface area (Å²) < 4.78 is 7.03. The summed E-state index contributed by atoms with van der Waals surface area (Å²) in [6, 6.07) is 10.1. The molecular formula is C16H12N2OS. The first-order valence-electron chi connectivity index (χ1n) is 6.46. The first kappa shape index (κ1) is 11.6. The van der Waals surface area contributed by atoms with Crippen LogP contribution >= 0.6 is 11.3 Å². The number of thiophene rings is 1. The van der Waals surface area contributed by atoms with Gasteiger partial charge in [0, 0.05) is 29.8 Å². The van der Waals surface area contributed by atoms with E-state index in [9.17, 15) is 0 Å². The zero-order valence-corrected chi connectivity index (χ0v) is 11.8. The van der Waals surface area contributed by atoms with Crippen LogP contribution in [0.1, 0.15) is 16.2 Å². The van der Waals surface area contributed by atoms with Gasteiger partial charge in [-0.1, -0.05) is 0 Å². The van der Waals surface area contributed by atoms with Gasteiger partial charge in [-0.05, 0) is 36.8 Å². The van der Waals surface area contributed by atoms with Crippen molar-refractivity contribution < 1.29 is 4.42 Å². The summed E-state index contributed by atoms with van der Waals surface area (Å²) in [7, 11) is 0. The van der Waals surface area contributed by atoms with Crippen molar-refractivity contribution in [1.82, 2.24) is 9.97 Å². The van der Waals surface area contributed by atoms with E-state index in [0.717, 1.165) is 28.8 Å². The molecular weight excluding hydrogens is 268 g/mol. The van der Waals surface area contributed by atoms with Crippen molar-refractivity contribution in [2.75, 3.05) is 0 Å². The second-order valence-corrected chi connectivity index (χ2v) is 6.15. The van der Waals surface area contributed by atoms with Crippen LogP contribution in [-0.2, 0) is 6.42 Å². The molecule has 0 spiro atoms. The van der Waals surface area contributed by atoms with Crippen LogP contribution in [0.25, 0.3) is 21.3 Å². The van der Waals surface area contributed by atoms with E-state index in [1.54, 1.807) is 17.5 Å². The monoisotopic (exact) mass is 280 g/mol. The molecule has 0 aliphatic carbocycles. The number of hydrogen-bond acceptors (Lipinski definition) is 4. The molecule has 0 amide bonds. The smallest absolute Gasteiger partial charge is 0.152 e. The molecule has 0 saturated carbocycles. The van der Waals surface area contributed by atoms with Gasteiger partial charge in [0.25, 0.3) is 0 Å². The maximum Gasteiger partial charge on any atom is 0.152 e. The number of aryl methyl sites for hydroxylation is 1. The van der Waals surface area contributed by atoms with Gasteiger partial charge in [-0.3, -0.25) is 9.97 Å². The Hall–Kier alpha value is -2.20. The number of pyridine rings is 2. The van der Waals surface area contributed by atoms with Crippen LogP contribution in [0.3, 0.4) is 0 Å². The minimum atomic E-state index is 0.746. The summed E-state index contributed by atoms with van der Waals surface area (Å²) in [5, 5.41) is 0. The largest absolute Gasteiger partial charge is 0.459 e. The molecule has 0 atom stereocenters. The number of fused-ring (bicyclic) bond motifs is 2. The van der Waals surface area contributed by atoms with Crippen LogP contribution in [0, 0.1) is 6.92 Å². The normalized spacial score (nSPS) is 11.4. The molecule has 0 unspecified atom stereocenters. The van der Waals surface area contributed by atoms with Gasteiger partial charge in [-0.25, -0.2) is 0 Å². The fraction of sp³-hybridized carbons (Fsp3) is 0.125. The van der Waals surface area contributed by atoms with Crippen LogP contribution in [0.2, 0.25) is 0 Å². The SMILES string of the molecule is Cc1cc2ncc(Cc3cc4ncccc4o3)cc2s1. The summed E-state index contributed by atoms with van der Waals surface area (Å²) in [6.45, 7) is 2.11. The number of nitrogens with zero attached hydrogens (tertiary/aromatic N) is 2. The van der Waals surface area contributed by atoms with Crippen LogP contribution in [0.4, 0.5) is 0 Å². The lowest BCUT2D eigenvalue weighted by molar-refractivity contribution is 0.562. The second-order valence-electron chi connectivity index (χ2n) is 4.86. The van der Waals surface area contributed by atoms with Gasteiger partial charge in [0.1, 0.15) is 11.3 Å². The first-order valence-corrected chi connectivity index (χ1v) is 7.28. The highest BCUT2D eigenvalue weighted by molar-refractivity contribution is 7.18. The van der Waals surface area contributed by atoms with Gasteiger partial charge in [0.15, 0.2) is 5.58 Å². The molecule has 3 nitrogen and oxygen atoms in total. The standard InChI is InChI=1S/C16H12N2OS/c1-10-5-14-16(20-10)7-11(9-18-14)6-12-8-13-15(19-12)3-2-4-17-13/h2-5,7-9H,6H2,1H3. The van der Waals surface area contributed by atoms with E-state index in [1.807, 2.05) is 24.4 Å². The summed E-state index contributed by atoms with van der Waals surface area (Å²) >= 11 is 1.78. The van der Waals surface area contributed by atoms with E-state index < -0.39 is 0 Å². The zero-order valence-electron chi connectivity index (χ0n) is 11.0. The first-order chi connectivity index (χ1) is 9.78. The molecule has 4 heteroatoms. The Labute approximate surface area is 119 Å². The quantitative estimate of drug-likeness (QED) is 0.548. The van der Waals surface area contributed by atoms with Crippen molar-refractivity contribution >= 4 is 32.7 Å². The van der Waals surface area contributed by atoms with Crippen molar-refractivity contribution in [3.63, 3.8) is 0 Å². The Bertz CT molecular complexity index is 874. The lowest BCUT2D eigenvalue weighted by Gasteiger charge is -1.97. The van der Waals surface area contributed by atoms with Crippen molar-refractivity contribution in [1.29, 1.82) is 0 Å². The summed E-state index contributed by atoms with van der Waals surface area (Å²) in [4.78, 5) is 10.1. The fourth-order valence-corrected chi connectivity index (χ4v) is 3.33. The van der Waals surface area contributed by atoms with Crippen molar-refractivity contribution in [3.05, 3.63) is 58.9 Å². The molecule has 0 aliphatic heterocycles. The Balaban J connectivity index is 1.72. The van der Waals surface area contributed by atoms with Crippen LogP contribution in [0.15, 0.2) is 47.1 Å². The third-order valence-corrected chi connectivity index (χ3v) is 4.25. The molecule has 0 aromatic carbocycles. The number of rotatable bonds is 2. The van der Waals surface area contributed by atoms with Crippen molar-refractivity contribution in [2.45, 2.75) is 13.3 Å². The minimum absolute atomic E-state index is 0.746. The highest BCUT2D eigenvalue weighted by atomic mass is 32.1. The van der Waals surface area contributed by atoms with E-state index in [1.165, 1.54) is 15.1 Å². The lowest BCUT2D eigenvalue weighted by atomic mass is 10.1. The second kappa shape index (κ2) is 4.42. The Kier molecular flexibility index (Phi) is 2.57. The number of furan rings is 1. The molecule has 0 aliphatic rings. The third kappa shape index (κ3) is 1.98. The van der Waals surface area contributed by atoms with E-state index in [-0.39, 0.29) is 0 Å². The fourth-order valence-electron chi connectivity index (χ4n) is 2.39. The van der Waals surface area contributed by atoms with E-state index in [4.69, 9.17) is 4.42 Å². The van der Waals surface area contributed by atoms with Gasteiger partial charge < -0.3 is 4.42 Å². The number of hydrogen-bond donors (Lipinski definition) is 0. The van der Waals surface area contributed by atoms with E-state index >= 15 is 0 Å². The molecule has 4 rings (SSSR count). The topological polar surface area (TPSA) is 38.9 Å². The molecule has 0 saturated heterocycles. The molecule has 20 heavy (non-hydrogen) atoms. The van der Waals surface area contributed by atoms with E-state index in [0.29, 0.717) is 0 Å². The average Bonchev–Trinajstić information content (AvgIpc) is 2.99. The minimum Gasteiger partial charge on any atom is -0.459 e. The lowest BCUT2D eigenvalue weighted by Crippen LogP contribution is -1.86. The summed E-state index contributed by atoms with van der Waals surface area (Å²) in [6.07, 6.45) is 4.45. The Morgan fingerprint density at radius 3 is 3.00 bits per heavy atom. The maximum absolute atomic E-state index is 5.80. The van der Waals surface area contributed by atoms with Gasteiger partial charge in [0.05, 0.1) is 10.2 Å². The highest BCUT2D eigenvalue weighted by Gasteiger charge is 2.07. The molecule has 0 fully saturated rings. The summed E-state index contributed by atoms with van der Waals surface area (Å²) in [5.41, 5.74) is 3.98. The maximum atomic E-state index is 5.80. The predicted octanol–water partition coefficient (Wildman–Crippen LogP) is 4.34. The van der Waals surface area contributed by atoms with Gasteiger partial charge in [-0.2, -0.15) is 0 Å². The highest BCUT2D eigenvalue weighted by Crippen LogP contribution is 2.25. The summed E-state index contributed by atoms with van der Waals surface area (Å²) in [5.74, 6) is 0.924. The number of aromatic nitrogens is 2. The van der Waals surface area contributed by atoms with Crippen molar-refractivity contribution in [3.8, 4) is 0 Å². The zero-order chi connectivity index (χ0) is 13.5. The molecule has 0 bridgehead atoms. The molecule has 4 aromatic rings. The Morgan fingerprint density at radius 1 is 1.15 bits per heavy atom.